The molecule has 0 fully saturated rings. The monoisotopic (exact) mass is 356 g/mol. The van der Waals surface area contributed by atoms with Crippen molar-refractivity contribution in [3.8, 4) is 0 Å². The van der Waals surface area contributed by atoms with E-state index in [9.17, 15) is 9.18 Å². The van der Waals surface area contributed by atoms with Crippen LogP contribution in [-0.4, -0.2) is 5.91 Å². The maximum atomic E-state index is 13.5. The van der Waals surface area contributed by atoms with Gasteiger partial charge < -0.3 is 11.1 Å². The van der Waals surface area contributed by atoms with E-state index >= 15 is 0 Å². The van der Waals surface area contributed by atoms with Crippen LogP contribution in [0.5, 0.6) is 0 Å². The second-order valence-corrected chi connectivity index (χ2v) is 5.52. The number of rotatable bonds is 3. The van der Waals surface area contributed by atoms with Crippen molar-refractivity contribution < 1.29 is 9.18 Å². The summed E-state index contributed by atoms with van der Waals surface area (Å²) >= 11 is 9.10. The lowest BCUT2D eigenvalue weighted by atomic mass is 10.1. The zero-order valence-electron chi connectivity index (χ0n) is 10.3. The molecule has 2 rings (SSSR count). The summed E-state index contributed by atoms with van der Waals surface area (Å²) in [6, 6.07) is 9.24. The fourth-order valence-corrected chi connectivity index (χ4v) is 2.25. The third-order valence-corrected chi connectivity index (χ3v) is 3.46. The number of benzene rings is 2. The predicted molar refractivity (Wildman–Crippen MR) is 82.3 cm³/mol. The maximum absolute atomic E-state index is 13.5. The Hall–Kier alpha value is -1.59. The lowest BCUT2D eigenvalue weighted by Gasteiger charge is -2.08. The third kappa shape index (κ3) is 3.71. The van der Waals surface area contributed by atoms with E-state index in [1.54, 1.807) is 30.3 Å². The van der Waals surface area contributed by atoms with Crippen molar-refractivity contribution in [2.45, 2.75) is 6.42 Å². The molecule has 0 aliphatic rings. The SMILES string of the molecule is Nc1ccc(NC(=O)Cc2cc(Br)ccc2F)cc1Cl. The lowest BCUT2D eigenvalue weighted by molar-refractivity contribution is -0.115. The van der Waals surface area contributed by atoms with Gasteiger partial charge in [-0.05, 0) is 42.0 Å². The predicted octanol–water partition coefficient (Wildman–Crippen LogP) is 4.01. The van der Waals surface area contributed by atoms with Crippen molar-refractivity contribution in [1.29, 1.82) is 0 Å². The molecule has 3 N–H and O–H groups in total. The number of hydrogen-bond acceptors (Lipinski definition) is 2. The van der Waals surface area contributed by atoms with Crippen LogP contribution in [0.1, 0.15) is 5.56 Å². The summed E-state index contributed by atoms with van der Waals surface area (Å²) in [4.78, 5) is 11.9. The highest BCUT2D eigenvalue weighted by Crippen LogP contribution is 2.23. The van der Waals surface area contributed by atoms with E-state index in [1.807, 2.05) is 0 Å². The van der Waals surface area contributed by atoms with Gasteiger partial charge in [-0.15, -0.1) is 0 Å². The smallest absolute Gasteiger partial charge is 0.228 e. The Morgan fingerprint density at radius 2 is 2.05 bits per heavy atom. The standard InChI is InChI=1S/C14H11BrClFN2O/c15-9-1-3-12(17)8(5-9)6-14(20)19-10-2-4-13(18)11(16)7-10/h1-5,7H,6,18H2,(H,19,20). The molecule has 0 radical (unpaired) electrons. The summed E-state index contributed by atoms with van der Waals surface area (Å²) in [5, 5.41) is 3.00. The topological polar surface area (TPSA) is 55.1 Å². The highest BCUT2D eigenvalue weighted by molar-refractivity contribution is 9.10. The molecule has 2 aromatic carbocycles. The number of anilines is 2. The highest BCUT2D eigenvalue weighted by Gasteiger charge is 2.09. The summed E-state index contributed by atoms with van der Waals surface area (Å²) in [5.74, 6) is -0.749. The van der Waals surface area contributed by atoms with Gasteiger partial charge >= 0.3 is 0 Å². The second-order valence-electron chi connectivity index (χ2n) is 4.20. The van der Waals surface area contributed by atoms with Crippen LogP contribution in [0.2, 0.25) is 5.02 Å². The highest BCUT2D eigenvalue weighted by atomic mass is 79.9. The van der Waals surface area contributed by atoms with Gasteiger partial charge in [0.15, 0.2) is 0 Å². The molecule has 6 heteroatoms. The first-order chi connectivity index (χ1) is 9.45. The molecule has 0 aliphatic carbocycles. The minimum atomic E-state index is -0.418. The molecule has 0 bridgehead atoms. The Bertz CT molecular complexity index is 664. The van der Waals surface area contributed by atoms with Crippen molar-refractivity contribution in [1.82, 2.24) is 0 Å². The van der Waals surface area contributed by atoms with Crippen LogP contribution < -0.4 is 11.1 Å². The molecule has 0 aromatic heterocycles. The molecule has 0 heterocycles. The Kier molecular flexibility index (Phi) is 4.62. The average Bonchev–Trinajstić information content (AvgIpc) is 2.38. The molecule has 0 spiro atoms. The molecule has 104 valence electrons. The van der Waals surface area contributed by atoms with Gasteiger partial charge in [-0.1, -0.05) is 27.5 Å². The van der Waals surface area contributed by atoms with Gasteiger partial charge in [-0.2, -0.15) is 0 Å². The number of nitrogens with one attached hydrogen (secondary N) is 1. The lowest BCUT2D eigenvalue weighted by Crippen LogP contribution is -2.15. The zero-order chi connectivity index (χ0) is 14.7. The summed E-state index contributed by atoms with van der Waals surface area (Å²) in [7, 11) is 0. The van der Waals surface area contributed by atoms with Gasteiger partial charge in [-0.25, -0.2) is 4.39 Å². The van der Waals surface area contributed by atoms with E-state index in [-0.39, 0.29) is 12.3 Å². The van der Waals surface area contributed by atoms with E-state index in [2.05, 4.69) is 21.2 Å². The minimum Gasteiger partial charge on any atom is -0.398 e. The molecule has 20 heavy (non-hydrogen) atoms. The normalized spacial score (nSPS) is 10.3. The Morgan fingerprint density at radius 1 is 1.30 bits per heavy atom. The third-order valence-electron chi connectivity index (χ3n) is 2.64. The van der Waals surface area contributed by atoms with Crippen LogP contribution in [0.4, 0.5) is 15.8 Å². The molecular formula is C14H11BrClFN2O. The molecule has 1 amide bonds. The van der Waals surface area contributed by atoms with E-state index in [0.717, 1.165) is 4.47 Å². The summed E-state index contributed by atoms with van der Waals surface area (Å²) in [5.41, 5.74) is 6.85. The van der Waals surface area contributed by atoms with Crippen molar-refractivity contribution in [3.63, 3.8) is 0 Å². The molecule has 0 atom stereocenters. The van der Waals surface area contributed by atoms with Crippen LogP contribution in [0.25, 0.3) is 0 Å². The van der Waals surface area contributed by atoms with Gasteiger partial charge in [-0.3, -0.25) is 4.79 Å². The van der Waals surface area contributed by atoms with Gasteiger partial charge in [0.25, 0.3) is 0 Å². The Morgan fingerprint density at radius 3 is 2.75 bits per heavy atom. The first kappa shape index (κ1) is 14.8. The van der Waals surface area contributed by atoms with Gasteiger partial charge in [0.1, 0.15) is 5.82 Å². The van der Waals surface area contributed by atoms with Gasteiger partial charge in [0, 0.05) is 10.2 Å². The first-order valence-electron chi connectivity index (χ1n) is 5.74. The van der Waals surface area contributed by atoms with Crippen LogP contribution in [0.3, 0.4) is 0 Å². The summed E-state index contributed by atoms with van der Waals surface area (Å²) in [6.45, 7) is 0. The van der Waals surface area contributed by atoms with Crippen LogP contribution in [0, 0.1) is 5.82 Å². The first-order valence-corrected chi connectivity index (χ1v) is 6.91. The van der Waals surface area contributed by atoms with E-state index in [4.69, 9.17) is 17.3 Å². The number of halogens is 3. The van der Waals surface area contributed by atoms with Gasteiger partial charge in [0.2, 0.25) is 5.91 Å². The fraction of sp³-hybridized carbons (Fsp3) is 0.0714. The second kappa shape index (κ2) is 6.24. The summed E-state index contributed by atoms with van der Waals surface area (Å²) < 4.78 is 14.3. The molecule has 0 aliphatic heterocycles. The van der Waals surface area contributed by atoms with Gasteiger partial charge in [0.05, 0.1) is 17.1 Å². The quantitative estimate of drug-likeness (QED) is 0.816. The van der Waals surface area contributed by atoms with E-state index < -0.39 is 5.82 Å². The summed E-state index contributed by atoms with van der Waals surface area (Å²) in [6.07, 6.45) is -0.0622. The van der Waals surface area contributed by atoms with E-state index in [1.165, 1.54) is 6.07 Å². The molecule has 0 saturated carbocycles. The van der Waals surface area contributed by atoms with Crippen LogP contribution in [-0.2, 0) is 11.2 Å². The van der Waals surface area contributed by atoms with Crippen molar-refractivity contribution >= 4 is 44.8 Å². The molecule has 2 aromatic rings. The average molecular weight is 358 g/mol. The number of amides is 1. The molecule has 3 nitrogen and oxygen atoms in total. The Balaban J connectivity index is 2.09. The molecular weight excluding hydrogens is 347 g/mol. The largest absolute Gasteiger partial charge is 0.398 e. The maximum Gasteiger partial charge on any atom is 0.228 e. The fourth-order valence-electron chi connectivity index (χ4n) is 1.66. The number of nitrogens with two attached hydrogens (primary N) is 1. The van der Waals surface area contributed by atoms with Crippen LogP contribution >= 0.6 is 27.5 Å². The van der Waals surface area contributed by atoms with Crippen molar-refractivity contribution in [2.24, 2.45) is 0 Å². The number of nitrogen functional groups attached to an aromatic ring is 1. The number of hydrogen-bond donors (Lipinski definition) is 2. The van der Waals surface area contributed by atoms with Crippen LogP contribution in [0.15, 0.2) is 40.9 Å². The van der Waals surface area contributed by atoms with Crippen molar-refractivity contribution in [2.75, 3.05) is 11.1 Å². The molecule has 0 unspecified atom stereocenters. The van der Waals surface area contributed by atoms with E-state index in [0.29, 0.717) is 22.0 Å². The number of carbonyl (C=O) groups is 1. The zero-order valence-corrected chi connectivity index (χ0v) is 12.6. The number of carbonyl (C=O) groups excluding carboxylic acids is 1. The minimum absolute atomic E-state index is 0.0622. The Labute approximate surface area is 129 Å². The molecule has 0 saturated heterocycles. The van der Waals surface area contributed by atoms with Crippen molar-refractivity contribution in [3.05, 3.63) is 57.3 Å².